The molecule has 0 aliphatic carbocycles. The van der Waals surface area contributed by atoms with E-state index in [-0.39, 0.29) is 23.7 Å². The lowest BCUT2D eigenvalue weighted by Gasteiger charge is -2.34. The van der Waals surface area contributed by atoms with E-state index >= 15 is 0 Å². The number of rotatable bonds is 11. The zero-order chi connectivity index (χ0) is 30.4. The number of amides is 2. The summed E-state index contributed by atoms with van der Waals surface area (Å²) in [5.41, 5.74) is 0.0575. The molecular weight excluding hydrogens is 585 g/mol. The summed E-state index contributed by atoms with van der Waals surface area (Å²) >= 11 is 12.9. The number of nitrogens with one attached hydrogen (secondary N) is 1. The highest BCUT2D eigenvalue weighted by atomic mass is 35.5. The number of hydrogen-bond donors (Lipinski definition) is 1. The van der Waals surface area contributed by atoms with Crippen molar-refractivity contribution in [2.45, 2.75) is 57.6 Å². The maximum absolute atomic E-state index is 14.1. The maximum Gasteiger partial charge on any atom is 0.264 e. The second-order valence-electron chi connectivity index (χ2n) is 10.4. The van der Waals surface area contributed by atoms with Gasteiger partial charge in [0.05, 0.1) is 17.2 Å². The molecule has 41 heavy (non-hydrogen) atoms. The van der Waals surface area contributed by atoms with E-state index in [0.717, 1.165) is 4.31 Å². The molecule has 0 bridgehead atoms. The van der Waals surface area contributed by atoms with Crippen LogP contribution in [0, 0.1) is 0 Å². The van der Waals surface area contributed by atoms with Gasteiger partial charge >= 0.3 is 0 Å². The Kier molecular flexibility index (Phi) is 10.7. The molecule has 1 atom stereocenters. The van der Waals surface area contributed by atoms with Crippen LogP contribution in [0.15, 0.2) is 77.7 Å². The van der Waals surface area contributed by atoms with Crippen molar-refractivity contribution in [2.24, 2.45) is 0 Å². The Morgan fingerprint density at radius 1 is 0.927 bits per heavy atom. The van der Waals surface area contributed by atoms with Crippen LogP contribution < -0.4 is 14.4 Å². The quantitative estimate of drug-likeness (QED) is 0.287. The van der Waals surface area contributed by atoms with Gasteiger partial charge in [0, 0.05) is 27.7 Å². The van der Waals surface area contributed by atoms with Crippen molar-refractivity contribution in [3.63, 3.8) is 0 Å². The Labute approximate surface area is 252 Å². The van der Waals surface area contributed by atoms with E-state index in [9.17, 15) is 18.0 Å². The van der Waals surface area contributed by atoms with Crippen molar-refractivity contribution >= 4 is 50.7 Å². The van der Waals surface area contributed by atoms with E-state index in [1.807, 2.05) is 20.8 Å². The molecule has 11 heteroatoms. The molecule has 0 saturated carbocycles. The summed E-state index contributed by atoms with van der Waals surface area (Å²) < 4.78 is 34.7. The van der Waals surface area contributed by atoms with Gasteiger partial charge in [0.2, 0.25) is 11.8 Å². The summed E-state index contributed by atoms with van der Waals surface area (Å²) in [5.74, 6) is -0.758. The molecule has 0 saturated heterocycles. The molecule has 3 rings (SSSR count). The number of hydrogen-bond acceptors (Lipinski definition) is 5. The predicted octanol–water partition coefficient (Wildman–Crippen LogP) is 5.92. The zero-order valence-corrected chi connectivity index (χ0v) is 26.1. The minimum absolute atomic E-state index is 0.00155. The van der Waals surface area contributed by atoms with Crippen molar-refractivity contribution in [3.8, 4) is 5.75 Å². The molecule has 8 nitrogen and oxygen atoms in total. The summed E-state index contributed by atoms with van der Waals surface area (Å²) in [5, 5.41) is 3.51. The highest BCUT2D eigenvalue weighted by Gasteiger charge is 2.35. The number of carbonyl (C=O) groups excluding carboxylic acids is 2. The Morgan fingerprint density at radius 2 is 1.51 bits per heavy atom. The molecule has 1 N–H and O–H groups in total. The lowest BCUT2D eigenvalue weighted by molar-refractivity contribution is -0.140. The molecule has 3 aromatic rings. The maximum atomic E-state index is 14.1. The molecule has 220 valence electrons. The monoisotopic (exact) mass is 619 g/mol. The molecule has 0 aromatic heterocycles. The minimum atomic E-state index is -4.23. The minimum Gasteiger partial charge on any atom is -0.492 e. The van der Waals surface area contributed by atoms with Crippen LogP contribution in [-0.2, 0) is 26.2 Å². The van der Waals surface area contributed by atoms with E-state index in [2.05, 4.69) is 5.32 Å². The number of benzene rings is 3. The molecule has 0 aliphatic heterocycles. The standard InChI is InChI=1S/C30H35Cl2N3O5S/c1-6-40-27-18-11-10-17-26(27)35(41(38,39)22-13-8-7-9-14-22)20-28(36)34(21(2)29(37)33-30(3,4)5)19-23-24(31)15-12-16-25(23)32/h7-18,21H,6,19-20H2,1-5H3,(H,33,37)/t21-/m1/s1. The topological polar surface area (TPSA) is 96.0 Å². The van der Waals surface area contributed by atoms with Crippen LogP contribution in [0.2, 0.25) is 10.0 Å². The van der Waals surface area contributed by atoms with Crippen LogP contribution in [0.5, 0.6) is 5.75 Å². The van der Waals surface area contributed by atoms with Crippen molar-refractivity contribution < 1.29 is 22.7 Å². The van der Waals surface area contributed by atoms with E-state index < -0.39 is 40.0 Å². The molecule has 0 radical (unpaired) electrons. The van der Waals surface area contributed by atoms with E-state index in [1.54, 1.807) is 74.5 Å². The lowest BCUT2D eigenvalue weighted by atomic mass is 10.1. The van der Waals surface area contributed by atoms with Crippen LogP contribution in [0.3, 0.4) is 0 Å². The number of ether oxygens (including phenoxy) is 1. The lowest BCUT2D eigenvalue weighted by Crippen LogP contribution is -2.54. The first kappa shape index (κ1) is 32.2. The number of anilines is 1. The van der Waals surface area contributed by atoms with Gasteiger partial charge in [-0.1, -0.05) is 59.6 Å². The molecule has 0 heterocycles. The molecule has 0 spiro atoms. The molecule has 3 aromatic carbocycles. The van der Waals surface area contributed by atoms with Crippen molar-refractivity contribution in [3.05, 3.63) is 88.4 Å². The Morgan fingerprint density at radius 3 is 2.10 bits per heavy atom. The van der Waals surface area contributed by atoms with Crippen LogP contribution >= 0.6 is 23.2 Å². The second kappa shape index (κ2) is 13.6. The van der Waals surface area contributed by atoms with Gasteiger partial charge in [-0.05, 0) is 71.0 Å². The van der Waals surface area contributed by atoms with Gasteiger partial charge in [-0.3, -0.25) is 13.9 Å². The van der Waals surface area contributed by atoms with Gasteiger partial charge in [0.15, 0.2) is 0 Å². The molecule has 0 fully saturated rings. The van der Waals surface area contributed by atoms with Gasteiger partial charge in [-0.2, -0.15) is 0 Å². The SMILES string of the molecule is CCOc1ccccc1N(CC(=O)N(Cc1c(Cl)cccc1Cl)[C@H](C)C(=O)NC(C)(C)C)S(=O)(=O)c1ccccc1. The predicted molar refractivity (Wildman–Crippen MR) is 163 cm³/mol. The van der Waals surface area contributed by atoms with Gasteiger partial charge in [-0.15, -0.1) is 0 Å². The Balaban J connectivity index is 2.12. The smallest absolute Gasteiger partial charge is 0.264 e. The van der Waals surface area contributed by atoms with E-state index in [1.165, 1.54) is 17.0 Å². The van der Waals surface area contributed by atoms with Gasteiger partial charge in [-0.25, -0.2) is 8.42 Å². The van der Waals surface area contributed by atoms with E-state index in [0.29, 0.717) is 21.4 Å². The van der Waals surface area contributed by atoms with Crippen LogP contribution in [0.25, 0.3) is 0 Å². The van der Waals surface area contributed by atoms with Crippen LogP contribution in [-0.4, -0.2) is 49.9 Å². The fourth-order valence-electron chi connectivity index (χ4n) is 4.08. The van der Waals surface area contributed by atoms with Gasteiger partial charge in [0.1, 0.15) is 18.3 Å². The molecular formula is C30H35Cl2N3O5S. The average Bonchev–Trinajstić information content (AvgIpc) is 2.91. The fraction of sp³-hybridized carbons (Fsp3) is 0.333. The van der Waals surface area contributed by atoms with Crippen molar-refractivity contribution in [1.29, 1.82) is 0 Å². The third-order valence-corrected chi connectivity index (χ3v) is 8.58. The summed E-state index contributed by atoms with van der Waals surface area (Å²) in [6, 6.07) is 18.4. The summed E-state index contributed by atoms with van der Waals surface area (Å²) in [6.45, 7) is 8.38. The van der Waals surface area contributed by atoms with Crippen LogP contribution in [0.4, 0.5) is 5.69 Å². The first-order valence-electron chi connectivity index (χ1n) is 13.1. The van der Waals surface area contributed by atoms with E-state index in [4.69, 9.17) is 27.9 Å². The first-order chi connectivity index (χ1) is 19.3. The third-order valence-electron chi connectivity index (χ3n) is 6.10. The highest BCUT2D eigenvalue weighted by Crippen LogP contribution is 2.33. The largest absolute Gasteiger partial charge is 0.492 e. The van der Waals surface area contributed by atoms with Crippen molar-refractivity contribution in [1.82, 2.24) is 10.2 Å². The summed E-state index contributed by atoms with van der Waals surface area (Å²) in [4.78, 5) is 28.7. The third kappa shape index (κ3) is 8.15. The number of sulfonamides is 1. The number of carbonyl (C=O) groups is 2. The van der Waals surface area contributed by atoms with Gasteiger partial charge < -0.3 is 15.0 Å². The molecule has 0 unspecified atom stereocenters. The fourth-order valence-corrected chi connectivity index (χ4v) is 6.05. The molecule has 0 aliphatic rings. The Hall–Kier alpha value is -3.27. The second-order valence-corrected chi connectivity index (χ2v) is 13.0. The first-order valence-corrected chi connectivity index (χ1v) is 15.3. The Bertz CT molecular complexity index is 1460. The summed E-state index contributed by atoms with van der Waals surface area (Å²) in [7, 11) is -4.23. The normalized spacial score (nSPS) is 12.4. The van der Waals surface area contributed by atoms with Gasteiger partial charge in [0.25, 0.3) is 10.0 Å². The molecule has 2 amide bonds. The number of nitrogens with zero attached hydrogens (tertiary/aromatic N) is 2. The average molecular weight is 621 g/mol. The number of para-hydroxylation sites is 2. The zero-order valence-electron chi connectivity index (χ0n) is 23.7. The van der Waals surface area contributed by atoms with Crippen molar-refractivity contribution in [2.75, 3.05) is 17.5 Å². The van der Waals surface area contributed by atoms with Crippen LogP contribution in [0.1, 0.15) is 40.2 Å². The summed E-state index contributed by atoms with van der Waals surface area (Å²) in [6.07, 6.45) is 0. The number of halogens is 2. The highest BCUT2D eigenvalue weighted by molar-refractivity contribution is 7.92.